The van der Waals surface area contributed by atoms with Gasteiger partial charge in [-0.1, -0.05) is 0 Å². The molecule has 2 heterocycles. The maximum Gasteiger partial charge on any atom is 0.316 e. The minimum absolute atomic E-state index is 0.132. The van der Waals surface area contributed by atoms with Crippen LogP contribution in [0, 0.1) is 6.92 Å². The summed E-state index contributed by atoms with van der Waals surface area (Å²) in [5, 5.41) is 2.78. The van der Waals surface area contributed by atoms with Gasteiger partial charge in [-0.15, -0.1) is 0 Å². The van der Waals surface area contributed by atoms with Gasteiger partial charge in [0.25, 0.3) is 0 Å². The number of imidazole rings is 1. The number of aromatic nitrogens is 3. The van der Waals surface area contributed by atoms with Crippen LogP contribution in [0.25, 0.3) is 11.2 Å². The Kier molecular flexibility index (Phi) is 3.55. The highest BCUT2D eigenvalue weighted by Gasteiger charge is 2.11. The Hall–Kier alpha value is -2.31. The summed E-state index contributed by atoms with van der Waals surface area (Å²) >= 11 is 0. The van der Waals surface area contributed by atoms with Gasteiger partial charge in [-0.25, -0.2) is 14.8 Å². The van der Waals surface area contributed by atoms with Gasteiger partial charge >= 0.3 is 6.03 Å². The van der Waals surface area contributed by atoms with Crippen molar-refractivity contribution in [2.45, 2.75) is 13.5 Å². The largest absolute Gasteiger partial charge is 0.369 e. The lowest BCUT2D eigenvalue weighted by Gasteiger charge is -2.12. The monoisotopic (exact) mass is 262 g/mol. The molecule has 0 saturated carbocycles. The minimum Gasteiger partial charge on any atom is -0.369 e. The maximum atomic E-state index is 11.4. The fourth-order valence-electron chi connectivity index (χ4n) is 1.81. The molecule has 0 aliphatic rings. The van der Waals surface area contributed by atoms with E-state index in [1.54, 1.807) is 24.9 Å². The average molecular weight is 262 g/mol. The molecule has 0 aromatic carbocycles. The van der Waals surface area contributed by atoms with Gasteiger partial charge in [0.1, 0.15) is 5.52 Å². The summed E-state index contributed by atoms with van der Waals surface area (Å²) in [6.07, 6.45) is 1.73. The first kappa shape index (κ1) is 13.1. The number of carbonyl (C=O) groups excluding carboxylic acids is 1. The molecule has 7 nitrogen and oxygen atoms in total. The van der Waals surface area contributed by atoms with E-state index in [1.165, 1.54) is 4.90 Å². The van der Waals surface area contributed by atoms with E-state index in [0.717, 1.165) is 16.7 Å². The standard InChI is InChI=1S/C12H18N6O/c1-8-4-5-14-10-9(8)16-11(13)18(10)7-6-15-12(19)17(2)3/h4-5H,6-7H2,1-3H3,(H2,13,16)(H,15,19). The number of aryl methyl sites for hydroxylation is 1. The number of nitrogens with zero attached hydrogens (tertiary/aromatic N) is 4. The second-order valence-corrected chi connectivity index (χ2v) is 4.55. The first-order valence-electron chi connectivity index (χ1n) is 6.03. The van der Waals surface area contributed by atoms with Crippen molar-refractivity contribution in [2.75, 3.05) is 26.4 Å². The zero-order valence-electron chi connectivity index (χ0n) is 11.3. The molecule has 3 N–H and O–H groups in total. The molecule has 19 heavy (non-hydrogen) atoms. The molecule has 0 atom stereocenters. The number of urea groups is 1. The molecule has 0 unspecified atom stereocenters. The third-order valence-corrected chi connectivity index (χ3v) is 2.88. The van der Waals surface area contributed by atoms with Crippen molar-refractivity contribution in [3.05, 3.63) is 17.8 Å². The zero-order chi connectivity index (χ0) is 14.0. The van der Waals surface area contributed by atoms with E-state index in [-0.39, 0.29) is 6.03 Å². The van der Waals surface area contributed by atoms with Crippen LogP contribution >= 0.6 is 0 Å². The summed E-state index contributed by atoms with van der Waals surface area (Å²) in [6.45, 7) is 2.98. The van der Waals surface area contributed by atoms with E-state index in [0.29, 0.717) is 19.0 Å². The summed E-state index contributed by atoms with van der Waals surface area (Å²) in [6, 6.07) is 1.76. The Morgan fingerprint density at radius 3 is 2.95 bits per heavy atom. The van der Waals surface area contributed by atoms with E-state index in [4.69, 9.17) is 5.73 Å². The van der Waals surface area contributed by atoms with Gasteiger partial charge in [-0.3, -0.25) is 4.57 Å². The van der Waals surface area contributed by atoms with Crippen molar-refractivity contribution in [3.63, 3.8) is 0 Å². The van der Waals surface area contributed by atoms with Crippen molar-refractivity contribution >= 4 is 23.1 Å². The summed E-state index contributed by atoms with van der Waals surface area (Å²) in [7, 11) is 3.39. The highest BCUT2D eigenvalue weighted by Crippen LogP contribution is 2.18. The van der Waals surface area contributed by atoms with Crippen LogP contribution in [0.2, 0.25) is 0 Å². The van der Waals surface area contributed by atoms with Crippen molar-refractivity contribution in [1.29, 1.82) is 0 Å². The Morgan fingerprint density at radius 2 is 2.26 bits per heavy atom. The van der Waals surface area contributed by atoms with Gasteiger partial charge in [-0.2, -0.15) is 0 Å². The van der Waals surface area contributed by atoms with Crippen LogP contribution in [0.5, 0.6) is 0 Å². The molecule has 0 radical (unpaired) electrons. The number of hydrogen-bond acceptors (Lipinski definition) is 4. The number of rotatable bonds is 3. The highest BCUT2D eigenvalue weighted by molar-refractivity contribution is 5.77. The number of nitrogen functional groups attached to an aromatic ring is 1. The predicted molar refractivity (Wildman–Crippen MR) is 73.8 cm³/mol. The molecule has 102 valence electrons. The van der Waals surface area contributed by atoms with E-state index >= 15 is 0 Å². The molecule has 7 heteroatoms. The molecule has 2 amide bonds. The smallest absolute Gasteiger partial charge is 0.316 e. The van der Waals surface area contributed by atoms with Crippen molar-refractivity contribution < 1.29 is 4.79 Å². The van der Waals surface area contributed by atoms with Crippen LogP contribution in [-0.4, -0.2) is 46.1 Å². The number of fused-ring (bicyclic) bond motifs is 1. The van der Waals surface area contributed by atoms with Crippen LogP contribution in [0.3, 0.4) is 0 Å². The minimum atomic E-state index is -0.132. The van der Waals surface area contributed by atoms with E-state index < -0.39 is 0 Å². The van der Waals surface area contributed by atoms with Gasteiger partial charge in [-0.05, 0) is 18.6 Å². The molecule has 2 rings (SSSR count). The lowest BCUT2D eigenvalue weighted by Crippen LogP contribution is -2.36. The number of pyridine rings is 1. The molecule has 2 aromatic rings. The zero-order valence-corrected chi connectivity index (χ0v) is 11.3. The topological polar surface area (TPSA) is 89.1 Å². The van der Waals surface area contributed by atoms with Gasteiger partial charge in [0.05, 0.1) is 0 Å². The van der Waals surface area contributed by atoms with Crippen molar-refractivity contribution in [3.8, 4) is 0 Å². The fraction of sp³-hybridized carbons (Fsp3) is 0.417. The third-order valence-electron chi connectivity index (χ3n) is 2.88. The number of nitrogens with two attached hydrogens (primary N) is 1. The van der Waals surface area contributed by atoms with Crippen LogP contribution < -0.4 is 11.1 Å². The SMILES string of the molecule is Cc1ccnc2c1nc(N)n2CCNC(=O)N(C)C. The van der Waals surface area contributed by atoms with Crippen LogP contribution in [0.4, 0.5) is 10.7 Å². The average Bonchev–Trinajstić information content (AvgIpc) is 2.68. The molecule has 0 aliphatic heterocycles. The summed E-state index contributed by atoms with van der Waals surface area (Å²) in [4.78, 5) is 21.5. The molecule has 0 saturated heterocycles. The summed E-state index contributed by atoms with van der Waals surface area (Å²) < 4.78 is 1.80. The van der Waals surface area contributed by atoms with Crippen LogP contribution in [-0.2, 0) is 6.54 Å². The van der Waals surface area contributed by atoms with Crippen LogP contribution in [0.15, 0.2) is 12.3 Å². The predicted octanol–water partition coefficient (Wildman–Crippen LogP) is 0.593. The normalized spacial score (nSPS) is 10.7. The number of anilines is 1. The first-order valence-corrected chi connectivity index (χ1v) is 6.03. The van der Waals surface area contributed by atoms with E-state index in [1.807, 2.05) is 13.0 Å². The maximum absolute atomic E-state index is 11.4. The Morgan fingerprint density at radius 1 is 1.53 bits per heavy atom. The van der Waals surface area contributed by atoms with Gasteiger partial charge in [0.2, 0.25) is 5.95 Å². The molecular weight excluding hydrogens is 244 g/mol. The third kappa shape index (κ3) is 2.59. The van der Waals surface area contributed by atoms with Crippen LogP contribution in [0.1, 0.15) is 5.56 Å². The molecule has 0 spiro atoms. The summed E-state index contributed by atoms with van der Waals surface area (Å²) in [5.74, 6) is 0.413. The molecule has 0 bridgehead atoms. The number of carbonyl (C=O) groups is 1. The van der Waals surface area contributed by atoms with Gasteiger partial charge in [0.15, 0.2) is 5.65 Å². The Bertz CT molecular complexity index is 604. The summed E-state index contributed by atoms with van der Waals surface area (Å²) in [5.41, 5.74) is 8.47. The fourth-order valence-corrected chi connectivity index (χ4v) is 1.81. The molecule has 0 aliphatic carbocycles. The Labute approximate surface area is 111 Å². The Balaban J connectivity index is 2.15. The number of hydrogen-bond donors (Lipinski definition) is 2. The molecular formula is C12H18N6O. The second kappa shape index (κ2) is 5.13. The lowest BCUT2D eigenvalue weighted by atomic mass is 10.3. The van der Waals surface area contributed by atoms with Crippen molar-refractivity contribution in [2.24, 2.45) is 0 Å². The van der Waals surface area contributed by atoms with Gasteiger partial charge in [0, 0.05) is 33.4 Å². The number of nitrogens with one attached hydrogen (secondary N) is 1. The lowest BCUT2D eigenvalue weighted by molar-refractivity contribution is 0.217. The first-order chi connectivity index (χ1) is 9.00. The number of amides is 2. The molecule has 2 aromatic heterocycles. The second-order valence-electron chi connectivity index (χ2n) is 4.55. The van der Waals surface area contributed by atoms with E-state index in [9.17, 15) is 4.79 Å². The van der Waals surface area contributed by atoms with Gasteiger partial charge < -0.3 is 16.0 Å². The molecule has 0 fully saturated rings. The highest BCUT2D eigenvalue weighted by atomic mass is 16.2. The van der Waals surface area contributed by atoms with Crippen molar-refractivity contribution in [1.82, 2.24) is 24.8 Å². The quantitative estimate of drug-likeness (QED) is 0.847. The van der Waals surface area contributed by atoms with E-state index in [2.05, 4.69) is 15.3 Å².